The fourth-order valence-corrected chi connectivity index (χ4v) is 1.89. The van der Waals surface area contributed by atoms with Crippen molar-refractivity contribution in [2.45, 2.75) is 58.3 Å². The molecule has 1 unspecified atom stereocenters. The van der Waals surface area contributed by atoms with Gasteiger partial charge in [-0.05, 0) is 46.6 Å². The van der Waals surface area contributed by atoms with Crippen LogP contribution < -0.4 is 5.32 Å². The Morgan fingerprint density at radius 2 is 1.67 bits per heavy atom. The van der Waals surface area contributed by atoms with Gasteiger partial charge >= 0.3 is 0 Å². The summed E-state index contributed by atoms with van der Waals surface area (Å²) in [6.07, 6.45) is 0.945. The first kappa shape index (κ1) is 18.1. The van der Waals surface area contributed by atoms with Gasteiger partial charge in [0.05, 0.1) is 18.3 Å². The average molecular weight is 293 g/mol. The molecule has 0 aliphatic heterocycles. The maximum Gasteiger partial charge on any atom is 0.0949 e. The molecule has 0 spiro atoms. The first-order valence-electron chi connectivity index (χ1n) is 7.70. The second kappa shape index (κ2) is 7.92. The van der Waals surface area contributed by atoms with E-state index in [-0.39, 0.29) is 17.2 Å². The molecule has 1 rings (SSSR count). The van der Waals surface area contributed by atoms with Crippen LogP contribution in [0.2, 0.25) is 0 Å². The van der Waals surface area contributed by atoms with Crippen molar-refractivity contribution in [1.29, 1.82) is 0 Å². The molecule has 0 saturated carbocycles. The Bertz CT molecular complexity index is 395. The van der Waals surface area contributed by atoms with Crippen molar-refractivity contribution in [1.82, 2.24) is 5.32 Å². The molecule has 21 heavy (non-hydrogen) atoms. The lowest BCUT2D eigenvalue weighted by Gasteiger charge is -2.28. The molecule has 0 aliphatic carbocycles. The van der Waals surface area contributed by atoms with Gasteiger partial charge in [0.25, 0.3) is 0 Å². The van der Waals surface area contributed by atoms with E-state index in [4.69, 9.17) is 9.47 Å². The maximum absolute atomic E-state index is 6.12. The number of rotatable bonds is 8. The van der Waals surface area contributed by atoms with Gasteiger partial charge in [0, 0.05) is 19.2 Å². The lowest BCUT2D eigenvalue weighted by atomic mass is 10.0. The van der Waals surface area contributed by atoms with Crippen molar-refractivity contribution < 1.29 is 9.47 Å². The monoisotopic (exact) mass is 293 g/mol. The SMILES string of the molecule is COC(C)(C)CCOC(CNC(C)(C)C)c1ccccc1. The minimum atomic E-state index is -0.140. The number of nitrogens with one attached hydrogen (secondary N) is 1. The second-order valence-corrected chi connectivity index (χ2v) is 7.11. The smallest absolute Gasteiger partial charge is 0.0949 e. The predicted octanol–water partition coefficient (Wildman–Crippen LogP) is 3.95. The number of ether oxygens (including phenoxy) is 2. The van der Waals surface area contributed by atoms with E-state index in [9.17, 15) is 0 Å². The Labute approximate surface area is 130 Å². The van der Waals surface area contributed by atoms with Crippen LogP contribution in [0.4, 0.5) is 0 Å². The number of hydrogen-bond acceptors (Lipinski definition) is 3. The van der Waals surface area contributed by atoms with Crippen LogP contribution in [0.25, 0.3) is 0 Å². The molecule has 0 radical (unpaired) electrons. The molecule has 1 atom stereocenters. The molecule has 0 bridgehead atoms. The highest BCUT2D eigenvalue weighted by atomic mass is 16.5. The summed E-state index contributed by atoms with van der Waals surface area (Å²) in [6.45, 7) is 12.2. The third-order valence-electron chi connectivity index (χ3n) is 3.56. The van der Waals surface area contributed by atoms with Crippen LogP contribution in [0.5, 0.6) is 0 Å². The molecule has 1 aromatic carbocycles. The van der Waals surface area contributed by atoms with Crippen LogP contribution in [0, 0.1) is 0 Å². The standard InChI is InChI=1S/C18H31NO2/c1-17(2,3)19-14-16(15-10-8-7-9-11-15)21-13-12-18(4,5)20-6/h7-11,16,19H,12-14H2,1-6H3. The van der Waals surface area contributed by atoms with Crippen molar-refractivity contribution in [3.63, 3.8) is 0 Å². The van der Waals surface area contributed by atoms with E-state index >= 15 is 0 Å². The maximum atomic E-state index is 6.12. The molecule has 0 heterocycles. The molecule has 0 amide bonds. The highest BCUT2D eigenvalue weighted by Gasteiger charge is 2.19. The van der Waals surface area contributed by atoms with Crippen molar-refractivity contribution in [3.05, 3.63) is 35.9 Å². The van der Waals surface area contributed by atoms with Crippen LogP contribution in [0.3, 0.4) is 0 Å². The number of methoxy groups -OCH3 is 1. The quantitative estimate of drug-likeness (QED) is 0.787. The summed E-state index contributed by atoms with van der Waals surface area (Å²) in [7, 11) is 1.75. The first-order chi connectivity index (χ1) is 9.73. The lowest BCUT2D eigenvalue weighted by molar-refractivity contribution is -0.0281. The zero-order valence-electron chi connectivity index (χ0n) is 14.4. The highest BCUT2D eigenvalue weighted by molar-refractivity contribution is 5.18. The van der Waals surface area contributed by atoms with Crippen molar-refractivity contribution >= 4 is 0 Å². The minimum absolute atomic E-state index is 0.0677. The molecule has 0 aliphatic rings. The molecule has 120 valence electrons. The summed E-state index contributed by atoms with van der Waals surface area (Å²) in [5, 5.41) is 3.53. The number of hydrogen-bond donors (Lipinski definition) is 1. The summed E-state index contributed by atoms with van der Waals surface area (Å²) in [5.41, 5.74) is 1.16. The van der Waals surface area contributed by atoms with Crippen LogP contribution in [0.15, 0.2) is 30.3 Å². The third kappa shape index (κ3) is 7.60. The van der Waals surface area contributed by atoms with Gasteiger partial charge in [-0.1, -0.05) is 30.3 Å². The van der Waals surface area contributed by atoms with Crippen LogP contribution >= 0.6 is 0 Å². The molecular formula is C18H31NO2. The number of benzene rings is 1. The van der Waals surface area contributed by atoms with Crippen LogP contribution in [-0.2, 0) is 9.47 Å². The van der Waals surface area contributed by atoms with Gasteiger partial charge in [0.2, 0.25) is 0 Å². The summed E-state index contributed by atoms with van der Waals surface area (Å²) in [4.78, 5) is 0. The summed E-state index contributed by atoms with van der Waals surface area (Å²) < 4.78 is 11.6. The summed E-state index contributed by atoms with van der Waals surface area (Å²) >= 11 is 0. The zero-order valence-corrected chi connectivity index (χ0v) is 14.4. The zero-order chi connectivity index (χ0) is 15.9. The van der Waals surface area contributed by atoms with Crippen LogP contribution in [-0.4, -0.2) is 31.4 Å². The van der Waals surface area contributed by atoms with Gasteiger partial charge in [0.1, 0.15) is 0 Å². The molecule has 3 heteroatoms. The molecule has 0 fully saturated rings. The van der Waals surface area contributed by atoms with E-state index in [2.05, 4.69) is 64.2 Å². The molecule has 3 nitrogen and oxygen atoms in total. The van der Waals surface area contributed by atoms with E-state index in [1.807, 2.05) is 6.07 Å². The van der Waals surface area contributed by atoms with Crippen molar-refractivity contribution in [2.24, 2.45) is 0 Å². The molecule has 1 N–H and O–H groups in total. The minimum Gasteiger partial charge on any atom is -0.379 e. The third-order valence-corrected chi connectivity index (χ3v) is 3.56. The van der Waals surface area contributed by atoms with Gasteiger partial charge in [-0.2, -0.15) is 0 Å². The normalized spacial score (nSPS) is 14.2. The Hall–Kier alpha value is -0.900. The second-order valence-electron chi connectivity index (χ2n) is 7.11. The van der Waals surface area contributed by atoms with E-state index in [1.165, 1.54) is 5.56 Å². The molecule has 1 aromatic rings. The summed E-state index contributed by atoms with van der Waals surface area (Å²) in [5.74, 6) is 0. The molecule has 0 saturated heterocycles. The molecular weight excluding hydrogens is 262 g/mol. The fourth-order valence-electron chi connectivity index (χ4n) is 1.89. The van der Waals surface area contributed by atoms with Gasteiger partial charge in [-0.3, -0.25) is 0 Å². The summed E-state index contributed by atoms with van der Waals surface area (Å²) in [6, 6.07) is 10.4. The van der Waals surface area contributed by atoms with Gasteiger partial charge in [-0.25, -0.2) is 0 Å². The lowest BCUT2D eigenvalue weighted by Crippen LogP contribution is -2.39. The Morgan fingerprint density at radius 1 is 1.05 bits per heavy atom. The molecule has 0 aromatic heterocycles. The van der Waals surface area contributed by atoms with Gasteiger partial charge < -0.3 is 14.8 Å². The Balaban J connectivity index is 2.61. The van der Waals surface area contributed by atoms with Gasteiger partial charge in [-0.15, -0.1) is 0 Å². The van der Waals surface area contributed by atoms with E-state index in [0.29, 0.717) is 6.61 Å². The van der Waals surface area contributed by atoms with E-state index in [0.717, 1.165) is 13.0 Å². The fraction of sp³-hybridized carbons (Fsp3) is 0.667. The predicted molar refractivity (Wildman–Crippen MR) is 88.6 cm³/mol. The van der Waals surface area contributed by atoms with Crippen molar-refractivity contribution in [2.75, 3.05) is 20.3 Å². The average Bonchev–Trinajstić information content (AvgIpc) is 2.42. The van der Waals surface area contributed by atoms with Crippen molar-refractivity contribution in [3.8, 4) is 0 Å². The first-order valence-corrected chi connectivity index (χ1v) is 7.70. The topological polar surface area (TPSA) is 30.5 Å². The van der Waals surface area contributed by atoms with E-state index < -0.39 is 0 Å². The van der Waals surface area contributed by atoms with E-state index in [1.54, 1.807) is 7.11 Å². The largest absolute Gasteiger partial charge is 0.379 e. The van der Waals surface area contributed by atoms with Crippen LogP contribution in [0.1, 0.15) is 52.7 Å². The Kier molecular flexibility index (Phi) is 6.85. The highest BCUT2D eigenvalue weighted by Crippen LogP contribution is 2.20. The van der Waals surface area contributed by atoms with Gasteiger partial charge in [0.15, 0.2) is 0 Å². The Morgan fingerprint density at radius 3 is 2.19 bits per heavy atom.